The zero-order chi connectivity index (χ0) is 10.2. The lowest BCUT2D eigenvalue weighted by molar-refractivity contribution is 0.248. The maximum Gasteiger partial charge on any atom is 0.0443 e. The molecular formula is C12H18NO. The summed E-state index contributed by atoms with van der Waals surface area (Å²) in [6.45, 7) is 2.30. The fraction of sp³-hybridized carbons (Fsp3) is 0.500. The van der Waals surface area contributed by atoms with E-state index in [1.54, 1.807) is 0 Å². The van der Waals surface area contributed by atoms with Gasteiger partial charge in [0, 0.05) is 19.7 Å². The van der Waals surface area contributed by atoms with Crippen LogP contribution in [-0.4, -0.2) is 36.8 Å². The lowest BCUT2D eigenvalue weighted by atomic mass is 10.1. The number of hydrogen-bond acceptors (Lipinski definition) is 2. The maximum absolute atomic E-state index is 8.67. The molecule has 0 heterocycles. The number of aliphatic hydroxyl groups is 1. The largest absolute Gasteiger partial charge is 0.396 e. The van der Waals surface area contributed by atoms with Gasteiger partial charge >= 0.3 is 0 Å². The third kappa shape index (κ3) is 4.40. The van der Waals surface area contributed by atoms with Gasteiger partial charge in [-0.15, -0.1) is 0 Å². The fourth-order valence-electron chi connectivity index (χ4n) is 1.36. The van der Waals surface area contributed by atoms with E-state index in [0.717, 1.165) is 25.9 Å². The Bertz CT molecular complexity index is 235. The lowest BCUT2D eigenvalue weighted by Crippen LogP contribution is -2.23. The van der Waals surface area contributed by atoms with Gasteiger partial charge in [-0.2, -0.15) is 0 Å². The highest BCUT2D eigenvalue weighted by Crippen LogP contribution is 2.00. The summed E-state index contributed by atoms with van der Waals surface area (Å²) in [4.78, 5) is 2.24. The molecule has 0 fully saturated rings. The number of hydrogen-bond donors (Lipinski definition) is 1. The van der Waals surface area contributed by atoms with Crippen LogP contribution in [0.5, 0.6) is 0 Å². The number of rotatable bonds is 6. The second-order valence-corrected chi connectivity index (χ2v) is 3.54. The van der Waals surface area contributed by atoms with E-state index in [1.165, 1.54) is 5.56 Å². The average Bonchev–Trinajstić information content (AvgIpc) is 2.25. The van der Waals surface area contributed by atoms with E-state index < -0.39 is 0 Å². The molecule has 0 spiro atoms. The summed E-state index contributed by atoms with van der Waals surface area (Å²) in [6, 6.07) is 11.1. The molecule has 0 amide bonds. The summed E-state index contributed by atoms with van der Waals surface area (Å²) in [5.74, 6) is 0. The molecule has 0 aliphatic carbocycles. The van der Waals surface area contributed by atoms with Crippen molar-refractivity contribution in [3.05, 3.63) is 35.9 Å². The number of benzene rings is 1. The Morgan fingerprint density at radius 3 is 2.64 bits per heavy atom. The Hall–Kier alpha value is -0.860. The molecule has 1 aromatic carbocycles. The lowest BCUT2D eigenvalue weighted by Gasteiger charge is -2.15. The number of nitrogens with zero attached hydrogens (tertiary/aromatic N) is 1. The van der Waals surface area contributed by atoms with E-state index >= 15 is 0 Å². The highest BCUT2D eigenvalue weighted by molar-refractivity contribution is 5.13. The minimum absolute atomic E-state index is 0.282. The summed E-state index contributed by atoms with van der Waals surface area (Å²) < 4.78 is 0. The standard InChI is InChI=1S/C12H18NO/c1-13(9-5-11-14)10-8-12-6-3-2-4-7-12/h3-4,6-7,14H,5,8-11H2,1H3. The van der Waals surface area contributed by atoms with E-state index in [4.69, 9.17) is 5.11 Å². The highest BCUT2D eigenvalue weighted by atomic mass is 16.3. The van der Waals surface area contributed by atoms with Gasteiger partial charge in [-0.3, -0.25) is 0 Å². The number of likely N-dealkylation sites (N-methyl/N-ethyl adjacent to an activating group) is 1. The zero-order valence-corrected chi connectivity index (χ0v) is 8.74. The molecule has 77 valence electrons. The van der Waals surface area contributed by atoms with Crippen molar-refractivity contribution in [1.82, 2.24) is 4.90 Å². The second kappa shape index (κ2) is 6.57. The van der Waals surface area contributed by atoms with Crippen LogP contribution in [0, 0.1) is 6.07 Å². The summed E-state index contributed by atoms with van der Waals surface area (Å²) in [5, 5.41) is 8.67. The molecule has 1 radical (unpaired) electrons. The van der Waals surface area contributed by atoms with Gasteiger partial charge in [-0.1, -0.05) is 24.3 Å². The Kier molecular flexibility index (Phi) is 5.27. The van der Waals surface area contributed by atoms with Crippen LogP contribution in [0.3, 0.4) is 0 Å². The van der Waals surface area contributed by atoms with Crippen LogP contribution in [0.15, 0.2) is 24.3 Å². The maximum atomic E-state index is 8.67. The van der Waals surface area contributed by atoms with Gasteiger partial charge in [0.15, 0.2) is 0 Å². The fourth-order valence-corrected chi connectivity index (χ4v) is 1.36. The third-order valence-electron chi connectivity index (χ3n) is 2.27. The normalized spacial score (nSPS) is 10.8. The first kappa shape index (κ1) is 11.2. The summed E-state index contributed by atoms with van der Waals surface area (Å²) in [5.41, 5.74) is 1.35. The van der Waals surface area contributed by atoms with Crippen molar-refractivity contribution < 1.29 is 5.11 Å². The minimum Gasteiger partial charge on any atom is -0.396 e. The van der Waals surface area contributed by atoms with Crippen LogP contribution >= 0.6 is 0 Å². The van der Waals surface area contributed by atoms with Crippen LogP contribution in [0.4, 0.5) is 0 Å². The topological polar surface area (TPSA) is 23.5 Å². The van der Waals surface area contributed by atoms with Crippen LogP contribution in [-0.2, 0) is 6.42 Å². The number of aliphatic hydroxyl groups excluding tert-OH is 1. The van der Waals surface area contributed by atoms with Crippen LogP contribution in [0.1, 0.15) is 12.0 Å². The monoisotopic (exact) mass is 192 g/mol. The van der Waals surface area contributed by atoms with Gasteiger partial charge in [0.1, 0.15) is 0 Å². The van der Waals surface area contributed by atoms with Gasteiger partial charge in [0.05, 0.1) is 0 Å². The van der Waals surface area contributed by atoms with Crippen molar-refractivity contribution in [3.8, 4) is 0 Å². The van der Waals surface area contributed by atoms with Crippen molar-refractivity contribution in [2.24, 2.45) is 0 Å². The van der Waals surface area contributed by atoms with Gasteiger partial charge in [-0.05, 0) is 31.5 Å². The predicted octanol–water partition coefficient (Wildman–Crippen LogP) is 1.34. The SMILES string of the molecule is CN(CCCO)CCc1cc[c]cc1. The molecule has 14 heavy (non-hydrogen) atoms. The zero-order valence-electron chi connectivity index (χ0n) is 8.74. The minimum atomic E-state index is 0.282. The van der Waals surface area contributed by atoms with Gasteiger partial charge in [0.2, 0.25) is 0 Å². The Labute approximate surface area is 86.2 Å². The van der Waals surface area contributed by atoms with Crippen molar-refractivity contribution >= 4 is 0 Å². The quantitative estimate of drug-likeness (QED) is 0.735. The molecule has 1 aromatic rings. The molecular weight excluding hydrogens is 174 g/mol. The van der Waals surface area contributed by atoms with Crippen molar-refractivity contribution in [2.45, 2.75) is 12.8 Å². The van der Waals surface area contributed by atoms with E-state index in [9.17, 15) is 0 Å². The predicted molar refractivity (Wildman–Crippen MR) is 58.2 cm³/mol. The van der Waals surface area contributed by atoms with Crippen LogP contribution < -0.4 is 0 Å². The molecule has 0 aliphatic heterocycles. The first-order chi connectivity index (χ1) is 6.83. The van der Waals surface area contributed by atoms with Crippen molar-refractivity contribution in [3.63, 3.8) is 0 Å². The molecule has 0 atom stereocenters. The molecule has 0 saturated carbocycles. The van der Waals surface area contributed by atoms with Crippen molar-refractivity contribution in [2.75, 3.05) is 26.7 Å². The molecule has 0 aliphatic rings. The van der Waals surface area contributed by atoms with Crippen molar-refractivity contribution in [1.29, 1.82) is 0 Å². The second-order valence-electron chi connectivity index (χ2n) is 3.54. The molecule has 2 heteroatoms. The summed E-state index contributed by atoms with van der Waals surface area (Å²) in [7, 11) is 2.09. The third-order valence-corrected chi connectivity index (χ3v) is 2.27. The van der Waals surface area contributed by atoms with E-state index in [-0.39, 0.29) is 6.61 Å². The molecule has 0 saturated heterocycles. The van der Waals surface area contributed by atoms with Crippen LogP contribution in [0.2, 0.25) is 0 Å². The summed E-state index contributed by atoms with van der Waals surface area (Å²) in [6.07, 6.45) is 1.93. The van der Waals surface area contributed by atoms with Gasteiger partial charge in [0.25, 0.3) is 0 Å². The smallest absolute Gasteiger partial charge is 0.0443 e. The Morgan fingerprint density at radius 2 is 2.00 bits per heavy atom. The van der Waals surface area contributed by atoms with Gasteiger partial charge < -0.3 is 10.0 Å². The van der Waals surface area contributed by atoms with E-state index in [2.05, 4.69) is 30.1 Å². The molecule has 2 nitrogen and oxygen atoms in total. The van der Waals surface area contributed by atoms with Crippen LogP contribution in [0.25, 0.3) is 0 Å². The highest BCUT2D eigenvalue weighted by Gasteiger charge is 1.98. The van der Waals surface area contributed by atoms with Gasteiger partial charge in [-0.25, -0.2) is 0 Å². The molecule has 0 unspecified atom stereocenters. The first-order valence-corrected chi connectivity index (χ1v) is 5.07. The average molecular weight is 192 g/mol. The molecule has 1 N–H and O–H groups in total. The Balaban J connectivity index is 2.20. The first-order valence-electron chi connectivity index (χ1n) is 5.07. The molecule has 0 bridgehead atoms. The summed E-state index contributed by atoms with van der Waals surface area (Å²) >= 11 is 0. The van der Waals surface area contributed by atoms with E-state index in [1.807, 2.05) is 12.1 Å². The Morgan fingerprint density at radius 1 is 1.29 bits per heavy atom. The molecule has 0 aromatic heterocycles. The van der Waals surface area contributed by atoms with E-state index in [0.29, 0.717) is 0 Å². The molecule has 1 rings (SSSR count).